The molecule has 0 fully saturated rings. The maximum absolute atomic E-state index is 10.6. The van der Waals surface area contributed by atoms with E-state index in [0.717, 1.165) is 16.8 Å². The van der Waals surface area contributed by atoms with Crippen molar-refractivity contribution in [2.24, 2.45) is 0 Å². The summed E-state index contributed by atoms with van der Waals surface area (Å²) in [6, 6.07) is 18.4. The van der Waals surface area contributed by atoms with Crippen molar-refractivity contribution < 1.29 is 9.90 Å². The maximum atomic E-state index is 10.6. The molecule has 0 spiro atoms. The van der Waals surface area contributed by atoms with Gasteiger partial charge in [-0.2, -0.15) is 0 Å². The molecule has 5 heteroatoms. The normalized spacial score (nSPS) is 10.6. The van der Waals surface area contributed by atoms with Crippen molar-refractivity contribution in [1.29, 1.82) is 0 Å². The molecule has 116 valence electrons. The molecule has 0 saturated heterocycles. The summed E-state index contributed by atoms with van der Waals surface area (Å²) in [5.41, 5.74) is 4.24. The first kappa shape index (κ1) is 15.0. The lowest BCUT2D eigenvalue weighted by Crippen LogP contribution is -2.05. The lowest BCUT2D eigenvalue weighted by molar-refractivity contribution is -0.137. The molecule has 0 aliphatic carbocycles. The summed E-state index contributed by atoms with van der Waals surface area (Å²) < 4.78 is 1.75. The molecule has 2 aromatic carbocycles. The van der Waals surface area contributed by atoms with Gasteiger partial charge in [-0.25, -0.2) is 4.68 Å². The molecule has 0 aliphatic rings. The van der Waals surface area contributed by atoms with E-state index < -0.39 is 5.97 Å². The molecule has 0 unspecified atom stereocenters. The van der Waals surface area contributed by atoms with Gasteiger partial charge in [0.25, 0.3) is 0 Å². The molecule has 0 atom stereocenters. The highest BCUT2D eigenvalue weighted by Crippen LogP contribution is 2.24. The molecule has 23 heavy (non-hydrogen) atoms. The quantitative estimate of drug-likeness (QED) is 0.757. The lowest BCUT2D eigenvalue weighted by atomic mass is 10.0. The molecular formula is C18H17N3O2. The number of aromatic nitrogens is 3. The van der Waals surface area contributed by atoms with Crippen LogP contribution in [0.4, 0.5) is 0 Å². The fourth-order valence-electron chi connectivity index (χ4n) is 2.49. The van der Waals surface area contributed by atoms with Crippen molar-refractivity contribution in [2.45, 2.75) is 19.4 Å². The van der Waals surface area contributed by atoms with Crippen LogP contribution in [0.3, 0.4) is 0 Å². The van der Waals surface area contributed by atoms with Gasteiger partial charge in [-0.05, 0) is 17.5 Å². The van der Waals surface area contributed by atoms with Crippen LogP contribution in [0.25, 0.3) is 22.4 Å². The number of hydrogen-bond acceptors (Lipinski definition) is 3. The van der Waals surface area contributed by atoms with E-state index in [1.807, 2.05) is 30.3 Å². The Kier molecular flexibility index (Phi) is 4.47. The predicted octanol–water partition coefficient (Wildman–Crippen LogP) is 3.48. The zero-order valence-corrected chi connectivity index (χ0v) is 12.6. The summed E-state index contributed by atoms with van der Waals surface area (Å²) in [6.07, 6.45) is 2.37. The first-order valence-corrected chi connectivity index (χ1v) is 7.50. The van der Waals surface area contributed by atoms with Crippen LogP contribution in [0.2, 0.25) is 0 Å². The van der Waals surface area contributed by atoms with Crippen LogP contribution in [0.5, 0.6) is 0 Å². The molecule has 0 bridgehead atoms. The average molecular weight is 307 g/mol. The van der Waals surface area contributed by atoms with Crippen LogP contribution >= 0.6 is 0 Å². The van der Waals surface area contributed by atoms with Crippen molar-refractivity contribution in [3.8, 4) is 22.4 Å². The van der Waals surface area contributed by atoms with E-state index in [2.05, 4.69) is 34.6 Å². The van der Waals surface area contributed by atoms with Gasteiger partial charge < -0.3 is 5.11 Å². The van der Waals surface area contributed by atoms with E-state index in [4.69, 9.17) is 5.11 Å². The second-order valence-corrected chi connectivity index (χ2v) is 5.28. The minimum Gasteiger partial charge on any atom is -0.481 e. The second kappa shape index (κ2) is 6.87. The zero-order valence-electron chi connectivity index (χ0n) is 12.6. The van der Waals surface area contributed by atoms with Gasteiger partial charge in [0.2, 0.25) is 0 Å². The number of carbonyl (C=O) groups is 1. The number of benzene rings is 2. The van der Waals surface area contributed by atoms with Gasteiger partial charge in [-0.3, -0.25) is 4.79 Å². The summed E-state index contributed by atoms with van der Waals surface area (Å²) in [7, 11) is 0. The predicted molar refractivity (Wildman–Crippen MR) is 87.8 cm³/mol. The zero-order chi connectivity index (χ0) is 16.1. The molecule has 3 rings (SSSR count). The molecule has 0 saturated carbocycles. The van der Waals surface area contributed by atoms with E-state index in [9.17, 15) is 4.79 Å². The molecule has 1 heterocycles. The summed E-state index contributed by atoms with van der Waals surface area (Å²) in [5, 5.41) is 16.7. The third kappa shape index (κ3) is 3.63. The molecule has 1 N–H and O–H groups in total. The Hall–Kier alpha value is -2.95. The molecular weight excluding hydrogens is 290 g/mol. The monoisotopic (exact) mass is 307 g/mol. The topological polar surface area (TPSA) is 68.0 Å². The Balaban J connectivity index is 1.78. The lowest BCUT2D eigenvalue weighted by Gasteiger charge is -2.07. The number of nitrogens with zero attached hydrogens (tertiary/aromatic N) is 3. The Labute approximate surface area is 134 Å². The Bertz CT molecular complexity index is 780. The van der Waals surface area contributed by atoms with Crippen LogP contribution in [-0.4, -0.2) is 26.1 Å². The van der Waals surface area contributed by atoms with Gasteiger partial charge in [0.05, 0.1) is 11.9 Å². The first-order valence-electron chi connectivity index (χ1n) is 7.50. The smallest absolute Gasteiger partial charge is 0.303 e. The molecule has 1 aromatic heterocycles. The van der Waals surface area contributed by atoms with Crippen LogP contribution < -0.4 is 0 Å². The van der Waals surface area contributed by atoms with Gasteiger partial charge in [0, 0.05) is 18.5 Å². The number of aliphatic carboxylic acids is 1. The third-order valence-corrected chi connectivity index (χ3v) is 3.67. The SMILES string of the molecule is O=C(O)CCCn1nncc1-c1ccc(-c2ccccc2)cc1. The fraction of sp³-hybridized carbons (Fsp3) is 0.167. The molecule has 0 radical (unpaired) electrons. The first-order chi connectivity index (χ1) is 11.2. The fourth-order valence-corrected chi connectivity index (χ4v) is 2.49. The summed E-state index contributed by atoms with van der Waals surface area (Å²) in [5.74, 6) is -0.793. The van der Waals surface area contributed by atoms with Crippen LogP contribution in [0, 0.1) is 0 Å². The molecule has 0 aliphatic heterocycles. The second-order valence-electron chi connectivity index (χ2n) is 5.28. The van der Waals surface area contributed by atoms with Crippen molar-refractivity contribution in [3.63, 3.8) is 0 Å². The van der Waals surface area contributed by atoms with E-state index in [-0.39, 0.29) is 6.42 Å². The van der Waals surface area contributed by atoms with E-state index in [1.165, 1.54) is 5.56 Å². The van der Waals surface area contributed by atoms with Gasteiger partial charge >= 0.3 is 5.97 Å². The Morgan fingerprint density at radius 3 is 2.30 bits per heavy atom. The Morgan fingerprint density at radius 1 is 0.957 bits per heavy atom. The van der Waals surface area contributed by atoms with Gasteiger partial charge in [0.1, 0.15) is 0 Å². The molecule has 3 aromatic rings. The standard InChI is InChI=1S/C18H17N3O2/c22-18(23)7-4-12-21-17(13-19-20-21)16-10-8-15(9-11-16)14-5-2-1-3-6-14/h1-3,5-6,8-11,13H,4,7,12H2,(H,22,23). The summed E-state index contributed by atoms with van der Waals surface area (Å²) >= 11 is 0. The van der Waals surface area contributed by atoms with E-state index in [1.54, 1.807) is 10.9 Å². The van der Waals surface area contributed by atoms with Crippen molar-refractivity contribution in [1.82, 2.24) is 15.0 Å². The van der Waals surface area contributed by atoms with Crippen molar-refractivity contribution in [2.75, 3.05) is 0 Å². The average Bonchev–Trinajstić information content (AvgIpc) is 3.04. The minimum absolute atomic E-state index is 0.131. The van der Waals surface area contributed by atoms with E-state index >= 15 is 0 Å². The number of carboxylic acid groups (broad SMARTS) is 1. The largest absolute Gasteiger partial charge is 0.481 e. The maximum Gasteiger partial charge on any atom is 0.303 e. The highest BCUT2D eigenvalue weighted by molar-refractivity contribution is 5.68. The molecule has 0 amide bonds. The number of aryl methyl sites for hydroxylation is 1. The van der Waals surface area contributed by atoms with Crippen LogP contribution in [0.15, 0.2) is 60.8 Å². The summed E-state index contributed by atoms with van der Waals surface area (Å²) in [6.45, 7) is 0.544. The number of hydrogen-bond donors (Lipinski definition) is 1. The highest BCUT2D eigenvalue weighted by Gasteiger charge is 2.08. The Morgan fingerprint density at radius 2 is 1.61 bits per heavy atom. The van der Waals surface area contributed by atoms with Gasteiger partial charge in [-0.1, -0.05) is 59.8 Å². The van der Waals surface area contributed by atoms with Crippen LogP contribution in [0.1, 0.15) is 12.8 Å². The highest BCUT2D eigenvalue weighted by atomic mass is 16.4. The third-order valence-electron chi connectivity index (χ3n) is 3.67. The van der Waals surface area contributed by atoms with E-state index in [0.29, 0.717) is 13.0 Å². The van der Waals surface area contributed by atoms with Crippen molar-refractivity contribution >= 4 is 5.97 Å². The van der Waals surface area contributed by atoms with Gasteiger partial charge in [-0.15, -0.1) is 5.10 Å². The number of carboxylic acids is 1. The minimum atomic E-state index is -0.793. The summed E-state index contributed by atoms with van der Waals surface area (Å²) in [4.78, 5) is 10.6. The van der Waals surface area contributed by atoms with Gasteiger partial charge in [0.15, 0.2) is 0 Å². The molecule has 5 nitrogen and oxygen atoms in total. The number of rotatable bonds is 6. The van der Waals surface area contributed by atoms with Crippen LogP contribution in [-0.2, 0) is 11.3 Å². The van der Waals surface area contributed by atoms with Crippen molar-refractivity contribution in [3.05, 3.63) is 60.8 Å².